The fourth-order valence-electron chi connectivity index (χ4n) is 3.64. The van der Waals surface area contributed by atoms with Crippen LogP contribution in [-0.4, -0.2) is 40.5 Å². The molecule has 0 unspecified atom stereocenters. The molecule has 1 aliphatic rings. The second-order valence-electron chi connectivity index (χ2n) is 7.45. The largest absolute Gasteiger partial charge is 0.452 e. The maximum atomic E-state index is 13.1. The number of esters is 1. The van der Waals surface area contributed by atoms with Gasteiger partial charge in [-0.05, 0) is 48.4 Å². The van der Waals surface area contributed by atoms with Gasteiger partial charge in [0, 0.05) is 19.3 Å². The van der Waals surface area contributed by atoms with Crippen LogP contribution >= 0.6 is 11.6 Å². The third kappa shape index (κ3) is 4.58. The number of sulfonamides is 1. The lowest BCUT2D eigenvalue weighted by molar-refractivity contribution is -0.121. The number of nitrogens with zero attached hydrogens (tertiary/aromatic N) is 2. The van der Waals surface area contributed by atoms with Crippen molar-refractivity contribution >= 4 is 44.9 Å². The van der Waals surface area contributed by atoms with E-state index < -0.39 is 22.6 Å². The molecule has 0 aliphatic carbocycles. The molecular formula is C24H21ClN2O5S. The third-order valence-electron chi connectivity index (χ3n) is 5.44. The lowest BCUT2D eigenvalue weighted by Crippen LogP contribution is -2.33. The van der Waals surface area contributed by atoms with E-state index in [-0.39, 0.29) is 21.4 Å². The van der Waals surface area contributed by atoms with E-state index >= 15 is 0 Å². The quantitative estimate of drug-likeness (QED) is 0.495. The number of benzene rings is 3. The average Bonchev–Trinajstić information content (AvgIpc) is 3.27. The van der Waals surface area contributed by atoms with E-state index in [4.69, 9.17) is 16.3 Å². The number of amides is 1. The molecule has 4 rings (SSSR count). The number of anilines is 2. The van der Waals surface area contributed by atoms with Gasteiger partial charge in [0.25, 0.3) is 15.9 Å². The van der Waals surface area contributed by atoms with Gasteiger partial charge in [0.1, 0.15) is 4.90 Å². The summed E-state index contributed by atoms with van der Waals surface area (Å²) in [5.41, 5.74) is 2.29. The Morgan fingerprint density at radius 2 is 1.73 bits per heavy atom. The average molecular weight is 485 g/mol. The number of fused-ring (bicyclic) bond motifs is 1. The summed E-state index contributed by atoms with van der Waals surface area (Å²) in [7, 11) is -2.64. The highest BCUT2D eigenvalue weighted by Gasteiger charge is 2.27. The SMILES string of the molecule is CN(c1ccccc1)S(=O)(=O)c1cc(C(=O)OCC(=O)N2CCc3ccccc32)ccc1Cl. The molecule has 0 bridgehead atoms. The van der Waals surface area contributed by atoms with Crippen molar-refractivity contribution < 1.29 is 22.7 Å². The molecule has 1 heterocycles. The van der Waals surface area contributed by atoms with Crippen molar-refractivity contribution in [1.29, 1.82) is 0 Å². The van der Waals surface area contributed by atoms with Crippen LogP contribution < -0.4 is 9.21 Å². The highest BCUT2D eigenvalue weighted by molar-refractivity contribution is 7.93. The minimum atomic E-state index is -4.04. The van der Waals surface area contributed by atoms with Gasteiger partial charge in [-0.2, -0.15) is 0 Å². The Kier molecular flexibility index (Phi) is 6.40. The molecule has 0 saturated carbocycles. The van der Waals surface area contributed by atoms with Crippen LogP contribution in [0.25, 0.3) is 0 Å². The molecule has 0 radical (unpaired) electrons. The van der Waals surface area contributed by atoms with Gasteiger partial charge in [0.2, 0.25) is 0 Å². The Bertz CT molecular complexity index is 1310. The molecule has 0 spiro atoms. The summed E-state index contributed by atoms with van der Waals surface area (Å²) in [6, 6.07) is 19.9. The van der Waals surface area contributed by atoms with E-state index in [2.05, 4.69) is 0 Å². The Morgan fingerprint density at radius 1 is 1.03 bits per heavy atom. The van der Waals surface area contributed by atoms with Gasteiger partial charge in [-0.1, -0.05) is 48.0 Å². The van der Waals surface area contributed by atoms with Gasteiger partial charge in [0.05, 0.1) is 16.3 Å². The molecule has 9 heteroatoms. The van der Waals surface area contributed by atoms with Crippen LogP contribution in [-0.2, 0) is 26.0 Å². The first-order valence-electron chi connectivity index (χ1n) is 10.2. The number of carbonyl (C=O) groups excluding carboxylic acids is 2. The van der Waals surface area contributed by atoms with E-state index in [1.54, 1.807) is 35.2 Å². The molecule has 1 amide bonds. The molecule has 3 aromatic rings. The fraction of sp³-hybridized carbons (Fsp3) is 0.167. The first kappa shape index (κ1) is 22.8. The van der Waals surface area contributed by atoms with Crippen molar-refractivity contribution in [3.63, 3.8) is 0 Å². The van der Waals surface area contributed by atoms with Gasteiger partial charge in [0.15, 0.2) is 6.61 Å². The summed E-state index contributed by atoms with van der Waals surface area (Å²) in [4.78, 5) is 26.5. The Labute approximate surface area is 197 Å². The molecule has 7 nitrogen and oxygen atoms in total. The number of para-hydroxylation sites is 2. The number of rotatable bonds is 6. The molecule has 0 aromatic heterocycles. The number of hydrogen-bond acceptors (Lipinski definition) is 5. The highest BCUT2D eigenvalue weighted by Crippen LogP contribution is 2.29. The summed E-state index contributed by atoms with van der Waals surface area (Å²) < 4.78 is 32.5. The minimum Gasteiger partial charge on any atom is -0.452 e. The Balaban J connectivity index is 1.49. The van der Waals surface area contributed by atoms with Crippen molar-refractivity contribution in [2.75, 3.05) is 29.4 Å². The zero-order valence-electron chi connectivity index (χ0n) is 17.8. The molecule has 0 fully saturated rings. The number of ether oxygens (including phenoxy) is 1. The van der Waals surface area contributed by atoms with Gasteiger partial charge in [-0.25, -0.2) is 13.2 Å². The van der Waals surface area contributed by atoms with Gasteiger partial charge in [-0.3, -0.25) is 9.10 Å². The zero-order chi connectivity index (χ0) is 23.6. The van der Waals surface area contributed by atoms with E-state index in [9.17, 15) is 18.0 Å². The summed E-state index contributed by atoms with van der Waals surface area (Å²) in [6.07, 6.45) is 0.739. The third-order valence-corrected chi connectivity index (χ3v) is 7.71. The van der Waals surface area contributed by atoms with Crippen molar-refractivity contribution in [2.45, 2.75) is 11.3 Å². The molecular weight excluding hydrogens is 464 g/mol. The second-order valence-corrected chi connectivity index (χ2v) is 9.80. The smallest absolute Gasteiger partial charge is 0.338 e. The van der Waals surface area contributed by atoms with Gasteiger partial charge >= 0.3 is 5.97 Å². The molecule has 0 saturated heterocycles. The second kappa shape index (κ2) is 9.25. The monoisotopic (exact) mass is 484 g/mol. The normalized spacial score (nSPS) is 12.8. The predicted molar refractivity (Wildman–Crippen MR) is 126 cm³/mol. The van der Waals surface area contributed by atoms with Crippen LogP contribution in [0.5, 0.6) is 0 Å². The molecule has 1 aliphatic heterocycles. The van der Waals surface area contributed by atoms with Crippen LogP contribution in [0.2, 0.25) is 5.02 Å². The van der Waals surface area contributed by atoms with Crippen LogP contribution in [0.3, 0.4) is 0 Å². The number of halogens is 1. The number of hydrogen-bond donors (Lipinski definition) is 0. The first-order chi connectivity index (χ1) is 15.8. The number of carbonyl (C=O) groups is 2. The highest BCUT2D eigenvalue weighted by atomic mass is 35.5. The maximum Gasteiger partial charge on any atom is 0.338 e. The Morgan fingerprint density at radius 3 is 2.48 bits per heavy atom. The molecule has 0 atom stereocenters. The maximum absolute atomic E-state index is 13.1. The Hall–Kier alpha value is -3.36. The van der Waals surface area contributed by atoms with Crippen molar-refractivity contribution in [3.8, 4) is 0 Å². The van der Waals surface area contributed by atoms with Gasteiger partial charge in [-0.15, -0.1) is 0 Å². The van der Waals surface area contributed by atoms with Gasteiger partial charge < -0.3 is 9.64 Å². The predicted octanol–water partition coefficient (Wildman–Crippen LogP) is 3.91. The van der Waals surface area contributed by atoms with E-state index in [1.807, 2.05) is 24.3 Å². The van der Waals surface area contributed by atoms with Crippen molar-refractivity contribution in [3.05, 3.63) is 88.9 Å². The lowest BCUT2D eigenvalue weighted by Gasteiger charge is -2.20. The summed E-state index contributed by atoms with van der Waals surface area (Å²) >= 11 is 6.16. The van der Waals surface area contributed by atoms with Crippen LogP contribution in [0, 0.1) is 0 Å². The molecule has 170 valence electrons. The van der Waals surface area contributed by atoms with Crippen molar-refractivity contribution in [1.82, 2.24) is 0 Å². The van der Waals surface area contributed by atoms with Crippen molar-refractivity contribution in [2.24, 2.45) is 0 Å². The molecule has 33 heavy (non-hydrogen) atoms. The zero-order valence-corrected chi connectivity index (χ0v) is 19.3. The fourth-order valence-corrected chi connectivity index (χ4v) is 5.33. The summed E-state index contributed by atoms with van der Waals surface area (Å²) in [6.45, 7) is 0.0622. The first-order valence-corrected chi connectivity index (χ1v) is 12.0. The van der Waals surface area contributed by atoms with Crippen LogP contribution in [0.15, 0.2) is 77.7 Å². The van der Waals surface area contributed by atoms with Crippen LogP contribution in [0.1, 0.15) is 15.9 Å². The van der Waals surface area contributed by atoms with E-state index in [1.165, 1.54) is 19.2 Å². The summed E-state index contributed by atoms with van der Waals surface area (Å²) in [5, 5.41) is -0.0286. The minimum absolute atomic E-state index is 0.0194. The lowest BCUT2D eigenvalue weighted by atomic mass is 10.2. The summed E-state index contributed by atoms with van der Waals surface area (Å²) in [5.74, 6) is -1.16. The van der Waals surface area contributed by atoms with E-state index in [0.29, 0.717) is 12.2 Å². The molecule has 3 aromatic carbocycles. The van der Waals surface area contributed by atoms with Crippen LogP contribution in [0.4, 0.5) is 11.4 Å². The van der Waals surface area contributed by atoms with E-state index in [0.717, 1.165) is 28.0 Å². The standard InChI is InChI=1S/C24H21ClN2O5S/c1-26(19-8-3-2-4-9-19)33(30,31)22-15-18(11-12-20(22)25)24(29)32-16-23(28)27-14-13-17-7-5-6-10-21(17)27/h2-12,15H,13-14,16H2,1H3. The molecule has 0 N–H and O–H groups in total. The topological polar surface area (TPSA) is 84.0 Å².